The second-order valence-corrected chi connectivity index (χ2v) is 4.70. The summed E-state index contributed by atoms with van der Waals surface area (Å²) in [6.45, 7) is 2.04. The number of hydrogen-bond donors (Lipinski definition) is 1. The van der Waals surface area contributed by atoms with Crippen LogP contribution in [0.4, 0.5) is 4.39 Å². The number of H-pyrrole nitrogens is 1. The zero-order valence-electron chi connectivity index (χ0n) is 9.96. The molecule has 2 aromatic rings. The molecule has 0 saturated heterocycles. The van der Waals surface area contributed by atoms with E-state index in [-0.39, 0.29) is 11.4 Å². The van der Waals surface area contributed by atoms with Gasteiger partial charge in [-0.1, -0.05) is 0 Å². The number of halogens is 2. The van der Waals surface area contributed by atoms with E-state index in [4.69, 9.17) is 4.74 Å². The molecule has 96 valence electrons. The fourth-order valence-electron chi connectivity index (χ4n) is 1.74. The Morgan fingerprint density at radius 2 is 2.22 bits per heavy atom. The monoisotopic (exact) mass is 314 g/mol. The van der Waals surface area contributed by atoms with Gasteiger partial charge in [-0.05, 0) is 46.6 Å². The number of methoxy groups -OCH3 is 1. The number of nitrogens with one attached hydrogen (secondary N) is 1. The van der Waals surface area contributed by atoms with E-state index in [1.165, 1.54) is 16.8 Å². The van der Waals surface area contributed by atoms with Crippen LogP contribution in [-0.2, 0) is 11.3 Å². The van der Waals surface area contributed by atoms with Gasteiger partial charge < -0.3 is 4.74 Å². The summed E-state index contributed by atoms with van der Waals surface area (Å²) in [6, 6.07) is 4.26. The Kier molecular flexibility index (Phi) is 3.68. The Labute approximate surface area is 111 Å². The van der Waals surface area contributed by atoms with Gasteiger partial charge in [-0.2, -0.15) is 0 Å². The van der Waals surface area contributed by atoms with Gasteiger partial charge in [0, 0.05) is 7.11 Å². The van der Waals surface area contributed by atoms with E-state index in [2.05, 4.69) is 21.0 Å². The van der Waals surface area contributed by atoms with Crippen LogP contribution in [0.1, 0.15) is 11.3 Å². The number of rotatable bonds is 3. The Morgan fingerprint density at radius 3 is 2.83 bits per heavy atom. The fourth-order valence-corrected chi connectivity index (χ4v) is 2.12. The number of aryl methyl sites for hydroxylation is 1. The Balaban J connectivity index is 2.57. The molecule has 0 saturated carbocycles. The molecule has 0 fully saturated rings. The summed E-state index contributed by atoms with van der Waals surface area (Å²) in [6.07, 6.45) is 0. The van der Waals surface area contributed by atoms with E-state index in [1.54, 1.807) is 20.1 Å². The van der Waals surface area contributed by atoms with Crippen LogP contribution in [0, 0.1) is 12.7 Å². The molecule has 0 atom stereocenters. The highest BCUT2D eigenvalue weighted by molar-refractivity contribution is 9.10. The lowest BCUT2D eigenvalue weighted by molar-refractivity contribution is 0.180. The zero-order chi connectivity index (χ0) is 13.3. The third-order valence-electron chi connectivity index (χ3n) is 2.59. The summed E-state index contributed by atoms with van der Waals surface area (Å²) in [5, 5.41) is 2.94. The van der Waals surface area contributed by atoms with Crippen LogP contribution in [0.25, 0.3) is 5.69 Å². The van der Waals surface area contributed by atoms with Crippen molar-refractivity contribution in [1.29, 1.82) is 0 Å². The summed E-state index contributed by atoms with van der Waals surface area (Å²) in [7, 11) is 1.55. The zero-order valence-corrected chi connectivity index (χ0v) is 11.5. The highest BCUT2D eigenvalue weighted by Gasteiger charge is 2.14. The molecule has 1 aromatic carbocycles. The molecular weight excluding hydrogens is 303 g/mol. The normalized spacial score (nSPS) is 10.9. The van der Waals surface area contributed by atoms with Crippen LogP contribution < -0.4 is 5.56 Å². The molecule has 0 bridgehead atoms. The lowest BCUT2D eigenvalue weighted by Gasteiger charge is -2.05. The standard InChI is InChI=1S/C12H12BrFN2O2/c1-7-5-8(14)3-4-10(7)16-12(17)11(13)9(15-16)6-18-2/h3-5,15H,6H2,1-2H3. The van der Waals surface area contributed by atoms with Crippen LogP contribution in [0.3, 0.4) is 0 Å². The average Bonchev–Trinajstić information content (AvgIpc) is 2.58. The number of aromatic nitrogens is 2. The molecule has 2 rings (SSSR count). The van der Waals surface area contributed by atoms with Gasteiger partial charge in [-0.15, -0.1) is 0 Å². The summed E-state index contributed by atoms with van der Waals surface area (Å²) in [5.41, 5.74) is 1.71. The number of benzene rings is 1. The van der Waals surface area contributed by atoms with Gasteiger partial charge in [0.25, 0.3) is 5.56 Å². The molecule has 0 aliphatic heterocycles. The molecule has 4 nitrogen and oxygen atoms in total. The summed E-state index contributed by atoms with van der Waals surface area (Å²) >= 11 is 3.22. The largest absolute Gasteiger partial charge is 0.378 e. The van der Waals surface area contributed by atoms with Gasteiger partial charge in [0.1, 0.15) is 10.3 Å². The van der Waals surface area contributed by atoms with Gasteiger partial charge in [0.05, 0.1) is 18.0 Å². The molecule has 6 heteroatoms. The quantitative estimate of drug-likeness (QED) is 0.946. The number of ether oxygens (including phenoxy) is 1. The lowest BCUT2D eigenvalue weighted by atomic mass is 10.2. The minimum Gasteiger partial charge on any atom is -0.378 e. The second-order valence-electron chi connectivity index (χ2n) is 3.91. The van der Waals surface area contributed by atoms with Crippen LogP contribution >= 0.6 is 15.9 Å². The van der Waals surface area contributed by atoms with Gasteiger partial charge in [0.15, 0.2) is 0 Å². The molecule has 1 N–H and O–H groups in total. The minimum absolute atomic E-state index is 0.225. The molecular formula is C12H12BrFN2O2. The first kappa shape index (κ1) is 13.0. The van der Waals surface area contributed by atoms with Crippen molar-refractivity contribution in [3.8, 4) is 5.69 Å². The summed E-state index contributed by atoms with van der Waals surface area (Å²) < 4.78 is 19.8. The number of nitrogens with zero attached hydrogens (tertiary/aromatic N) is 1. The first-order valence-electron chi connectivity index (χ1n) is 5.29. The van der Waals surface area contributed by atoms with Crippen molar-refractivity contribution in [3.05, 3.63) is 50.1 Å². The van der Waals surface area contributed by atoms with Gasteiger partial charge >= 0.3 is 0 Å². The molecule has 1 aromatic heterocycles. The fraction of sp³-hybridized carbons (Fsp3) is 0.250. The third kappa shape index (κ3) is 2.26. The Hall–Kier alpha value is -1.40. The van der Waals surface area contributed by atoms with Crippen molar-refractivity contribution in [2.75, 3.05) is 7.11 Å². The van der Waals surface area contributed by atoms with Crippen LogP contribution in [0.2, 0.25) is 0 Å². The summed E-state index contributed by atoms with van der Waals surface area (Å²) in [5.74, 6) is -0.327. The minimum atomic E-state index is -0.327. The van der Waals surface area contributed by atoms with E-state index in [0.717, 1.165) is 0 Å². The first-order valence-corrected chi connectivity index (χ1v) is 6.08. The van der Waals surface area contributed by atoms with Crippen LogP contribution in [-0.4, -0.2) is 16.9 Å². The molecule has 0 spiro atoms. The topological polar surface area (TPSA) is 47.0 Å². The molecule has 0 amide bonds. The highest BCUT2D eigenvalue weighted by Crippen LogP contribution is 2.17. The van der Waals surface area contributed by atoms with Crippen molar-refractivity contribution < 1.29 is 9.13 Å². The maximum atomic E-state index is 13.0. The van der Waals surface area contributed by atoms with E-state index < -0.39 is 0 Å². The predicted octanol–water partition coefficient (Wildman–Crippen LogP) is 2.52. The molecule has 0 aliphatic rings. The summed E-state index contributed by atoms with van der Waals surface area (Å²) in [4.78, 5) is 12.0. The first-order chi connectivity index (χ1) is 8.54. The van der Waals surface area contributed by atoms with E-state index >= 15 is 0 Å². The maximum absolute atomic E-state index is 13.0. The van der Waals surface area contributed by atoms with Gasteiger partial charge in [-0.25, -0.2) is 9.07 Å². The van der Waals surface area contributed by atoms with E-state index in [9.17, 15) is 9.18 Å². The smallest absolute Gasteiger partial charge is 0.285 e. The van der Waals surface area contributed by atoms with Crippen LogP contribution in [0.5, 0.6) is 0 Å². The van der Waals surface area contributed by atoms with Crippen molar-refractivity contribution >= 4 is 15.9 Å². The lowest BCUT2D eigenvalue weighted by Crippen LogP contribution is -2.15. The Morgan fingerprint density at radius 1 is 1.50 bits per heavy atom. The number of hydrogen-bond acceptors (Lipinski definition) is 2. The van der Waals surface area contributed by atoms with Crippen LogP contribution in [0.15, 0.2) is 27.5 Å². The van der Waals surface area contributed by atoms with Crippen molar-refractivity contribution in [2.45, 2.75) is 13.5 Å². The van der Waals surface area contributed by atoms with Gasteiger partial charge in [-0.3, -0.25) is 9.89 Å². The average molecular weight is 315 g/mol. The SMILES string of the molecule is COCc1[nH]n(-c2ccc(F)cc2C)c(=O)c1Br. The number of aromatic amines is 1. The molecule has 0 unspecified atom stereocenters. The maximum Gasteiger partial charge on any atom is 0.285 e. The Bertz CT molecular complexity index is 633. The van der Waals surface area contributed by atoms with E-state index in [1.807, 2.05) is 0 Å². The third-order valence-corrected chi connectivity index (χ3v) is 3.41. The molecule has 0 radical (unpaired) electrons. The molecule has 18 heavy (non-hydrogen) atoms. The van der Waals surface area contributed by atoms with E-state index in [0.29, 0.717) is 28.0 Å². The molecule has 0 aliphatic carbocycles. The highest BCUT2D eigenvalue weighted by atomic mass is 79.9. The van der Waals surface area contributed by atoms with Crippen molar-refractivity contribution in [2.24, 2.45) is 0 Å². The molecule has 1 heterocycles. The second kappa shape index (κ2) is 5.07. The van der Waals surface area contributed by atoms with Crippen molar-refractivity contribution in [1.82, 2.24) is 9.78 Å². The van der Waals surface area contributed by atoms with Crippen molar-refractivity contribution in [3.63, 3.8) is 0 Å². The predicted molar refractivity (Wildman–Crippen MR) is 69.5 cm³/mol. The van der Waals surface area contributed by atoms with Gasteiger partial charge in [0.2, 0.25) is 0 Å².